The molecule has 1 N–H and O–H groups in total. The normalized spacial score (nSPS) is 25.4. The highest BCUT2D eigenvalue weighted by atomic mass is 79.9. The van der Waals surface area contributed by atoms with Gasteiger partial charge in [-0.15, -0.1) is 0 Å². The lowest BCUT2D eigenvalue weighted by Gasteiger charge is -2.14. The lowest BCUT2D eigenvalue weighted by Crippen LogP contribution is -2.26. The molecule has 12 heavy (non-hydrogen) atoms. The van der Waals surface area contributed by atoms with Gasteiger partial charge in [-0.2, -0.15) is 0 Å². The van der Waals surface area contributed by atoms with Crippen LogP contribution < -0.4 is 5.32 Å². The number of rotatable bonds is 5. The van der Waals surface area contributed by atoms with E-state index >= 15 is 0 Å². The highest BCUT2D eigenvalue weighted by molar-refractivity contribution is 9.11. The number of hydrogen-bond donors (Lipinski definition) is 1. The molecular formula is C10H16BrN. The van der Waals surface area contributed by atoms with Crippen molar-refractivity contribution in [2.24, 2.45) is 11.3 Å². The lowest BCUT2D eigenvalue weighted by molar-refractivity contribution is 0.413. The van der Waals surface area contributed by atoms with E-state index in [4.69, 9.17) is 0 Å². The molecular weight excluding hydrogens is 214 g/mol. The zero-order valence-corrected chi connectivity index (χ0v) is 8.99. The molecule has 0 atom stereocenters. The third kappa shape index (κ3) is 1.91. The molecule has 2 rings (SSSR count). The first-order valence-electron chi connectivity index (χ1n) is 4.77. The van der Waals surface area contributed by atoms with Crippen LogP contribution in [-0.4, -0.2) is 13.1 Å². The maximum Gasteiger partial charge on any atom is 0.0265 e. The fourth-order valence-corrected chi connectivity index (χ4v) is 2.23. The molecule has 0 aromatic carbocycles. The van der Waals surface area contributed by atoms with E-state index in [1.165, 1.54) is 32.2 Å². The van der Waals surface area contributed by atoms with E-state index in [1.807, 2.05) is 0 Å². The van der Waals surface area contributed by atoms with Gasteiger partial charge in [0.05, 0.1) is 0 Å². The molecule has 0 aliphatic heterocycles. The van der Waals surface area contributed by atoms with Crippen molar-refractivity contribution in [3.05, 3.63) is 11.1 Å². The van der Waals surface area contributed by atoms with E-state index < -0.39 is 0 Å². The van der Waals surface area contributed by atoms with E-state index in [0.29, 0.717) is 0 Å². The summed E-state index contributed by atoms with van der Waals surface area (Å²) in [6.45, 7) is 5.95. The maximum absolute atomic E-state index is 3.81. The van der Waals surface area contributed by atoms with Gasteiger partial charge in [-0.1, -0.05) is 22.5 Å². The topological polar surface area (TPSA) is 12.0 Å². The summed E-state index contributed by atoms with van der Waals surface area (Å²) in [5.41, 5.74) is 0.725. The Hall–Kier alpha value is 0.180. The molecule has 0 spiro atoms. The van der Waals surface area contributed by atoms with Crippen LogP contribution in [0.3, 0.4) is 0 Å². The fourth-order valence-electron chi connectivity index (χ4n) is 2.03. The summed E-state index contributed by atoms with van der Waals surface area (Å²) in [7, 11) is 0. The predicted molar refractivity (Wildman–Crippen MR) is 55.3 cm³/mol. The van der Waals surface area contributed by atoms with Crippen molar-refractivity contribution in [2.75, 3.05) is 13.1 Å². The molecule has 2 aliphatic rings. The van der Waals surface area contributed by atoms with Crippen LogP contribution in [0.15, 0.2) is 11.1 Å². The van der Waals surface area contributed by atoms with Gasteiger partial charge in [-0.3, -0.25) is 0 Å². The second-order valence-electron chi connectivity index (χ2n) is 4.26. The Morgan fingerprint density at radius 2 is 2.17 bits per heavy atom. The summed E-state index contributed by atoms with van der Waals surface area (Å²) in [5.74, 6) is 1.06. The van der Waals surface area contributed by atoms with E-state index in [-0.39, 0.29) is 0 Å². The van der Waals surface area contributed by atoms with Crippen molar-refractivity contribution in [3.8, 4) is 0 Å². The second kappa shape index (κ2) is 3.15. The highest BCUT2D eigenvalue weighted by Crippen LogP contribution is 2.60. The number of hydrogen-bond acceptors (Lipinski definition) is 1. The molecule has 0 saturated heterocycles. The summed E-state index contributed by atoms with van der Waals surface area (Å²) >= 11 is 3.36. The average Bonchev–Trinajstić information content (AvgIpc) is 2.82. The first-order chi connectivity index (χ1) is 5.73. The van der Waals surface area contributed by atoms with E-state index in [1.54, 1.807) is 0 Å². The Labute approximate surface area is 82.7 Å². The lowest BCUT2D eigenvalue weighted by atomic mass is 10.0. The van der Waals surface area contributed by atoms with Gasteiger partial charge in [0.25, 0.3) is 0 Å². The summed E-state index contributed by atoms with van der Waals surface area (Å²) in [6.07, 6.45) is 5.88. The minimum atomic E-state index is 0.725. The summed E-state index contributed by atoms with van der Waals surface area (Å²) in [5, 5.41) is 3.46. The van der Waals surface area contributed by atoms with Crippen LogP contribution in [0, 0.1) is 11.3 Å². The Kier molecular flexibility index (Phi) is 2.30. The Bertz CT molecular complexity index is 192. The van der Waals surface area contributed by atoms with Gasteiger partial charge < -0.3 is 5.32 Å². The molecule has 0 bridgehead atoms. The minimum Gasteiger partial charge on any atom is -0.312 e. The SMILES string of the molecule is C=C(Br)CNCC1(C2CC2)CC1. The molecule has 0 unspecified atom stereocenters. The molecule has 1 nitrogen and oxygen atoms in total. The molecule has 0 amide bonds. The van der Waals surface area contributed by atoms with Crippen LogP contribution in [-0.2, 0) is 0 Å². The first-order valence-corrected chi connectivity index (χ1v) is 5.56. The van der Waals surface area contributed by atoms with Crippen molar-refractivity contribution >= 4 is 15.9 Å². The summed E-state index contributed by atoms with van der Waals surface area (Å²) in [4.78, 5) is 0. The Balaban J connectivity index is 1.68. The zero-order valence-electron chi connectivity index (χ0n) is 7.41. The zero-order chi connectivity index (χ0) is 8.60. The monoisotopic (exact) mass is 229 g/mol. The van der Waals surface area contributed by atoms with Gasteiger partial charge >= 0.3 is 0 Å². The van der Waals surface area contributed by atoms with Crippen molar-refractivity contribution in [1.29, 1.82) is 0 Å². The van der Waals surface area contributed by atoms with Gasteiger partial charge in [0.1, 0.15) is 0 Å². The molecule has 2 saturated carbocycles. The van der Waals surface area contributed by atoms with Gasteiger partial charge in [0.15, 0.2) is 0 Å². The smallest absolute Gasteiger partial charge is 0.0265 e. The maximum atomic E-state index is 3.81. The minimum absolute atomic E-state index is 0.725. The van der Waals surface area contributed by atoms with Crippen LogP contribution in [0.2, 0.25) is 0 Å². The molecule has 2 aliphatic carbocycles. The van der Waals surface area contributed by atoms with Crippen molar-refractivity contribution in [1.82, 2.24) is 5.32 Å². The van der Waals surface area contributed by atoms with Crippen molar-refractivity contribution < 1.29 is 0 Å². The van der Waals surface area contributed by atoms with Gasteiger partial charge in [-0.05, 0) is 37.0 Å². The van der Waals surface area contributed by atoms with Crippen molar-refractivity contribution in [2.45, 2.75) is 25.7 Å². The van der Waals surface area contributed by atoms with Crippen LogP contribution >= 0.6 is 15.9 Å². The highest BCUT2D eigenvalue weighted by Gasteiger charge is 2.53. The second-order valence-corrected chi connectivity index (χ2v) is 5.38. The molecule has 0 aromatic rings. The van der Waals surface area contributed by atoms with Gasteiger partial charge in [0.2, 0.25) is 0 Å². The summed E-state index contributed by atoms with van der Waals surface area (Å²) < 4.78 is 1.06. The fraction of sp³-hybridized carbons (Fsp3) is 0.800. The molecule has 0 aromatic heterocycles. The van der Waals surface area contributed by atoms with Crippen LogP contribution in [0.1, 0.15) is 25.7 Å². The Morgan fingerprint density at radius 3 is 2.58 bits per heavy atom. The van der Waals surface area contributed by atoms with Gasteiger partial charge in [0, 0.05) is 17.6 Å². The van der Waals surface area contributed by atoms with Gasteiger partial charge in [-0.25, -0.2) is 0 Å². The molecule has 2 fully saturated rings. The van der Waals surface area contributed by atoms with Crippen LogP contribution in [0.5, 0.6) is 0 Å². The van der Waals surface area contributed by atoms with E-state index in [2.05, 4.69) is 27.8 Å². The quantitative estimate of drug-likeness (QED) is 0.765. The standard InChI is InChI=1S/C10H16BrN/c1-8(11)6-12-7-10(4-5-10)9-2-3-9/h9,12H,1-7H2. The van der Waals surface area contributed by atoms with E-state index in [9.17, 15) is 0 Å². The molecule has 0 radical (unpaired) electrons. The number of halogens is 1. The van der Waals surface area contributed by atoms with Crippen molar-refractivity contribution in [3.63, 3.8) is 0 Å². The number of nitrogens with one attached hydrogen (secondary N) is 1. The predicted octanol–water partition coefficient (Wildman–Crippen LogP) is 2.67. The first kappa shape index (κ1) is 8.76. The third-order valence-corrected chi connectivity index (χ3v) is 3.41. The molecule has 0 heterocycles. The Morgan fingerprint density at radius 1 is 1.50 bits per heavy atom. The van der Waals surface area contributed by atoms with E-state index in [0.717, 1.165) is 22.4 Å². The average molecular weight is 230 g/mol. The molecule has 68 valence electrons. The van der Waals surface area contributed by atoms with Crippen LogP contribution in [0.4, 0.5) is 0 Å². The third-order valence-electron chi connectivity index (χ3n) is 3.13. The van der Waals surface area contributed by atoms with Crippen LogP contribution in [0.25, 0.3) is 0 Å². The largest absolute Gasteiger partial charge is 0.312 e. The summed E-state index contributed by atoms with van der Waals surface area (Å²) in [6, 6.07) is 0. The molecule has 2 heteroatoms.